The Labute approximate surface area is 110 Å². The first-order chi connectivity index (χ1) is 9.18. The van der Waals surface area contributed by atoms with Crippen molar-refractivity contribution in [3.63, 3.8) is 0 Å². The SMILES string of the molecule is Cn1c(-c2ccccc2[N+](=O)[O-])cc2ccccc21. The van der Waals surface area contributed by atoms with Crippen molar-refractivity contribution in [2.45, 2.75) is 0 Å². The van der Waals surface area contributed by atoms with Gasteiger partial charge in [0.15, 0.2) is 0 Å². The lowest BCUT2D eigenvalue weighted by atomic mass is 10.1. The molecular formula is C15H12N2O2. The van der Waals surface area contributed by atoms with Gasteiger partial charge >= 0.3 is 0 Å². The van der Waals surface area contributed by atoms with Crippen molar-refractivity contribution in [2.75, 3.05) is 0 Å². The van der Waals surface area contributed by atoms with E-state index in [9.17, 15) is 10.1 Å². The van der Waals surface area contributed by atoms with Crippen LogP contribution in [0.1, 0.15) is 0 Å². The molecule has 0 aliphatic rings. The largest absolute Gasteiger partial charge is 0.343 e. The molecule has 2 aromatic carbocycles. The van der Waals surface area contributed by atoms with E-state index in [0.717, 1.165) is 16.6 Å². The van der Waals surface area contributed by atoms with Crippen LogP contribution in [0.25, 0.3) is 22.2 Å². The van der Waals surface area contributed by atoms with Crippen LogP contribution in [0.2, 0.25) is 0 Å². The lowest BCUT2D eigenvalue weighted by Gasteiger charge is -2.05. The van der Waals surface area contributed by atoms with E-state index in [0.29, 0.717) is 5.56 Å². The number of nitro groups is 1. The van der Waals surface area contributed by atoms with E-state index >= 15 is 0 Å². The van der Waals surface area contributed by atoms with Crippen molar-refractivity contribution < 1.29 is 4.92 Å². The minimum atomic E-state index is -0.340. The van der Waals surface area contributed by atoms with Gasteiger partial charge in [-0.15, -0.1) is 0 Å². The Bertz CT molecular complexity index is 775. The molecule has 0 aliphatic heterocycles. The molecule has 0 radical (unpaired) electrons. The zero-order valence-electron chi connectivity index (χ0n) is 10.4. The van der Waals surface area contributed by atoms with E-state index < -0.39 is 0 Å². The van der Waals surface area contributed by atoms with Crippen molar-refractivity contribution in [1.82, 2.24) is 4.57 Å². The van der Waals surface area contributed by atoms with Gasteiger partial charge in [0.2, 0.25) is 0 Å². The van der Waals surface area contributed by atoms with Gasteiger partial charge in [-0.1, -0.05) is 30.3 Å². The Morgan fingerprint density at radius 3 is 2.47 bits per heavy atom. The van der Waals surface area contributed by atoms with E-state index in [1.54, 1.807) is 12.1 Å². The Balaban J connectivity index is 2.31. The van der Waals surface area contributed by atoms with Crippen molar-refractivity contribution in [2.24, 2.45) is 7.05 Å². The number of benzene rings is 2. The van der Waals surface area contributed by atoms with Crippen molar-refractivity contribution in [3.05, 3.63) is 64.7 Å². The zero-order valence-corrected chi connectivity index (χ0v) is 10.4. The summed E-state index contributed by atoms with van der Waals surface area (Å²) in [5.74, 6) is 0. The second kappa shape index (κ2) is 4.24. The van der Waals surface area contributed by atoms with Gasteiger partial charge in [-0.3, -0.25) is 10.1 Å². The number of hydrogen-bond acceptors (Lipinski definition) is 2. The van der Waals surface area contributed by atoms with Gasteiger partial charge in [0.05, 0.1) is 16.2 Å². The molecule has 0 bridgehead atoms. The van der Waals surface area contributed by atoms with Crippen LogP contribution in [0, 0.1) is 10.1 Å². The fourth-order valence-electron chi connectivity index (χ4n) is 2.40. The summed E-state index contributed by atoms with van der Waals surface area (Å²) in [4.78, 5) is 10.8. The summed E-state index contributed by atoms with van der Waals surface area (Å²) in [5, 5.41) is 12.2. The maximum atomic E-state index is 11.1. The molecule has 1 heterocycles. The summed E-state index contributed by atoms with van der Waals surface area (Å²) in [7, 11) is 1.92. The second-order valence-electron chi connectivity index (χ2n) is 4.42. The molecule has 19 heavy (non-hydrogen) atoms. The first kappa shape index (κ1) is 11.5. The highest BCUT2D eigenvalue weighted by molar-refractivity contribution is 5.88. The van der Waals surface area contributed by atoms with E-state index in [1.807, 2.05) is 48.0 Å². The molecule has 94 valence electrons. The molecular weight excluding hydrogens is 240 g/mol. The Hall–Kier alpha value is -2.62. The third-order valence-electron chi connectivity index (χ3n) is 3.33. The van der Waals surface area contributed by atoms with Gasteiger partial charge in [-0.25, -0.2) is 0 Å². The van der Waals surface area contributed by atoms with Crippen LogP contribution in [0.4, 0.5) is 5.69 Å². The number of fused-ring (bicyclic) bond motifs is 1. The normalized spacial score (nSPS) is 10.8. The predicted octanol–water partition coefficient (Wildman–Crippen LogP) is 3.75. The third-order valence-corrected chi connectivity index (χ3v) is 3.33. The lowest BCUT2D eigenvalue weighted by Crippen LogP contribution is -1.96. The average Bonchev–Trinajstić information content (AvgIpc) is 2.76. The van der Waals surface area contributed by atoms with Gasteiger partial charge in [0, 0.05) is 24.0 Å². The second-order valence-corrected chi connectivity index (χ2v) is 4.42. The molecule has 4 nitrogen and oxygen atoms in total. The third kappa shape index (κ3) is 1.78. The summed E-state index contributed by atoms with van der Waals surface area (Å²) in [5.41, 5.74) is 2.70. The van der Waals surface area contributed by atoms with Gasteiger partial charge < -0.3 is 4.57 Å². The molecule has 0 N–H and O–H groups in total. The van der Waals surface area contributed by atoms with Gasteiger partial charge in [-0.05, 0) is 18.2 Å². The molecule has 0 saturated heterocycles. The molecule has 0 spiro atoms. The van der Waals surface area contributed by atoms with Crippen LogP contribution in [-0.4, -0.2) is 9.49 Å². The maximum absolute atomic E-state index is 11.1. The topological polar surface area (TPSA) is 48.1 Å². The van der Waals surface area contributed by atoms with Crippen LogP contribution in [0.3, 0.4) is 0 Å². The van der Waals surface area contributed by atoms with Gasteiger partial charge in [-0.2, -0.15) is 0 Å². The van der Waals surface area contributed by atoms with Crippen LogP contribution in [0.15, 0.2) is 54.6 Å². The monoisotopic (exact) mass is 252 g/mol. The maximum Gasteiger partial charge on any atom is 0.278 e. The Kier molecular flexibility index (Phi) is 2.56. The number of rotatable bonds is 2. The van der Waals surface area contributed by atoms with E-state index in [1.165, 1.54) is 6.07 Å². The highest BCUT2D eigenvalue weighted by Crippen LogP contribution is 2.33. The summed E-state index contributed by atoms with van der Waals surface area (Å²) in [6.45, 7) is 0. The minimum Gasteiger partial charge on any atom is -0.343 e. The van der Waals surface area contributed by atoms with E-state index in [2.05, 4.69) is 0 Å². The smallest absolute Gasteiger partial charge is 0.278 e. The van der Waals surface area contributed by atoms with Crippen molar-refractivity contribution in [3.8, 4) is 11.3 Å². The van der Waals surface area contributed by atoms with Crippen LogP contribution < -0.4 is 0 Å². The van der Waals surface area contributed by atoms with Gasteiger partial charge in [0.25, 0.3) is 5.69 Å². The first-order valence-corrected chi connectivity index (χ1v) is 5.97. The minimum absolute atomic E-state index is 0.133. The number of nitrogens with zero attached hydrogens (tertiary/aromatic N) is 2. The van der Waals surface area contributed by atoms with E-state index in [4.69, 9.17) is 0 Å². The molecule has 0 aliphatic carbocycles. The number of para-hydroxylation sites is 2. The first-order valence-electron chi connectivity index (χ1n) is 5.97. The Morgan fingerprint density at radius 1 is 1.05 bits per heavy atom. The molecule has 3 aromatic rings. The van der Waals surface area contributed by atoms with Crippen molar-refractivity contribution >= 4 is 16.6 Å². The summed E-state index contributed by atoms with van der Waals surface area (Å²) >= 11 is 0. The van der Waals surface area contributed by atoms with Gasteiger partial charge in [0.1, 0.15) is 0 Å². The van der Waals surface area contributed by atoms with Crippen LogP contribution in [0.5, 0.6) is 0 Å². The standard InChI is InChI=1S/C15H12N2O2/c1-16-13-8-4-2-6-11(13)10-15(16)12-7-3-5-9-14(12)17(18)19/h2-10H,1H3. The van der Waals surface area contributed by atoms with Crippen LogP contribution >= 0.6 is 0 Å². The quantitative estimate of drug-likeness (QED) is 0.515. The number of hydrogen-bond donors (Lipinski definition) is 0. The molecule has 0 unspecified atom stereocenters. The summed E-state index contributed by atoms with van der Waals surface area (Å²) in [6, 6.07) is 16.7. The highest BCUT2D eigenvalue weighted by Gasteiger charge is 2.17. The number of aryl methyl sites for hydroxylation is 1. The Morgan fingerprint density at radius 2 is 1.74 bits per heavy atom. The zero-order chi connectivity index (χ0) is 13.4. The molecule has 1 aromatic heterocycles. The summed E-state index contributed by atoms with van der Waals surface area (Å²) in [6.07, 6.45) is 0. The highest BCUT2D eigenvalue weighted by atomic mass is 16.6. The summed E-state index contributed by atoms with van der Waals surface area (Å²) < 4.78 is 1.98. The van der Waals surface area contributed by atoms with E-state index in [-0.39, 0.29) is 10.6 Å². The predicted molar refractivity (Wildman–Crippen MR) is 75.0 cm³/mol. The number of aromatic nitrogens is 1. The molecule has 0 saturated carbocycles. The molecule has 0 fully saturated rings. The molecule has 3 rings (SSSR count). The fraction of sp³-hybridized carbons (Fsp3) is 0.0667. The molecule has 0 amide bonds. The number of nitro benzene ring substituents is 1. The average molecular weight is 252 g/mol. The van der Waals surface area contributed by atoms with Crippen LogP contribution in [-0.2, 0) is 7.05 Å². The molecule has 4 heteroatoms. The fourth-order valence-corrected chi connectivity index (χ4v) is 2.40. The lowest BCUT2D eigenvalue weighted by molar-refractivity contribution is -0.384. The molecule has 0 atom stereocenters. The van der Waals surface area contributed by atoms with Crippen molar-refractivity contribution in [1.29, 1.82) is 0 Å².